The third-order valence-corrected chi connectivity index (χ3v) is 2.02. The Hall–Kier alpha value is -1.30. The Morgan fingerprint density at radius 1 is 0.750 bits per heavy atom. The van der Waals surface area contributed by atoms with Crippen LogP contribution in [-0.4, -0.2) is 0 Å². The molecule has 1 radical (unpaired) electrons. The number of rotatable bonds is 8. The smallest absolute Gasteiger partial charge is 0.0313 e. The fourth-order valence-corrected chi connectivity index (χ4v) is 1.15. The Labute approximate surface area is 101 Å². The Kier molecular flexibility index (Phi) is 12.6. The lowest BCUT2D eigenvalue weighted by Gasteiger charge is -1.89. The molecular weight excluding hydrogens is 192 g/mol. The van der Waals surface area contributed by atoms with Gasteiger partial charge in [0, 0.05) is 0 Å². The molecule has 0 spiro atoms. The highest BCUT2D eigenvalue weighted by Gasteiger charge is 1.79. The lowest BCUT2D eigenvalue weighted by Crippen LogP contribution is -1.69. The van der Waals surface area contributed by atoms with Gasteiger partial charge in [0.1, 0.15) is 0 Å². The molecule has 0 aliphatic rings. The zero-order valence-electron chi connectivity index (χ0n) is 10.3. The summed E-state index contributed by atoms with van der Waals surface area (Å²) < 4.78 is 0. The Balaban J connectivity index is 3.53. The molecule has 0 aliphatic heterocycles. The van der Waals surface area contributed by atoms with Gasteiger partial charge < -0.3 is 0 Å². The topological polar surface area (TPSA) is 0 Å². The zero-order valence-corrected chi connectivity index (χ0v) is 10.3. The van der Waals surface area contributed by atoms with E-state index in [0.29, 0.717) is 0 Å². The molecule has 0 heterocycles. The van der Waals surface area contributed by atoms with Gasteiger partial charge in [0.15, 0.2) is 0 Å². The van der Waals surface area contributed by atoms with Crippen molar-refractivity contribution in [3.05, 3.63) is 67.7 Å². The lowest BCUT2D eigenvalue weighted by atomic mass is 10.2. The monoisotopic (exact) mass is 215 g/mol. The maximum atomic E-state index is 3.60. The molecule has 0 fully saturated rings. The summed E-state index contributed by atoms with van der Waals surface area (Å²) in [5.74, 6) is 0. The summed E-state index contributed by atoms with van der Waals surface area (Å²) >= 11 is 0. The van der Waals surface area contributed by atoms with Gasteiger partial charge in [0.05, 0.1) is 0 Å². The van der Waals surface area contributed by atoms with E-state index in [4.69, 9.17) is 0 Å². The highest BCUT2D eigenvalue weighted by Crippen LogP contribution is 1.99. The molecule has 0 N–H and O–H groups in total. The van der Waals surface area contributed by atoms with Gasteiger partial charge in [0.25, 0.3) is 0 Å². The highest BCUT2D eigenvalue weighted by molar-refractivity contribution is 5.17. The summed E-state index contributed by atoms with van der Waals surface area (Å²) in [7, 11) is 0. The SMILES string of the molecule is [CH2]/C=C/C=C/C=C/C=C/C=C/CCCCC. The van der Waals surface area contributed by atoms with Crippen LogP contribution in [0.5, 0.6) is 0 Å². The summed E-state index contributed by atoms with van der Waals surface area (Å²) in [6.07, 6.45) is 25.2. The van der Waals surface area contributed by atoms with Gasteiger partial charge in [0.2, 0.25) is 0 Å². The first-order chi connectivity index (χ1) is 7.91. The van der Waals surface area contributed by atoms with Crippen molar-refractivity contribution in [1.29, 1.82) is 0 Å². The number of unbranched alkanes of at least 4 members (excludes halogenated alkanes) is 3. The first-order valence-electron chi connectivity index (χ1n) is 6.02. The fraction of sp³-hybridized carbons (Fsp3) is 0.312. The third kappa shape index (κ3) is 12.7. The summed E-state index contributed by atoms with van der Waals surface area (Å²) in [5, 5.41) is 0. The van der Waals surface area contributed by atoms with E-state index in [1.165, 1.54) is 25.7 Å². The van der Waals surface area contributed by atoms with Crippen molar-refractivity contribution in [2.75, 3.05) is 0 Å². The average molecular weight is 215 g/mol. The number of hydrogen-bond acceptors (Lipinski definition) is 0. The van der Waals surface area contributed by atoms with Crippen molar-refractivity contribution >= 4 is 0 Å². The third-order valence-electron chi connectivity index (χ3n) is 2.02. The van der Waals surface area contributed by atoms with Crippen LogP contribution in [0.1, 0.15) is 32.6 Å². The van der Waals surface area contributed by atoms with E-state index >= 15 is 0 Å². The summed E-state index contributed by atoms with van der Waals surface area (Å²) in [5.41, 5.74) is 0. The average Bonchev–Trinajstić information content (AvgIpc) is 2.31. The van der Waals surface area contributed by atoms with Gasteiger partial charge in [-0.1, -0.05) is 80.5 Å². The Morgan fingerprint density at radius 3 is 1.88 bits per heavy atom. The highest BCUT2D eigenvalue weighted by atomic mass is 13.9. The molecule has 0 atom stereocenters. The molecule has 0 aromatic rings. The number of allylic oxidation sites excluding steroid dienone is 10. The molecule has 0 nitrogen and oxygen atoms in total. The van der Waals surface area contributed by atoms with Gasteiger partial charge in [-0.25, -0.2) is 0 Å². The minimum atomic E-state index is 1.19. The van der Waals surface area contributed by atoms with Crippen LogP contribution in [0.3, 0.4) is 0 Å². The van der Waals surface area contributed by atoms with E-state index in [0.717, 1.165) is 0 Å². The van der Waals surface area contributed by atoms with E-state index in [2.05, 4.69) is 32.1 Å². The van der Waals surface area contributed by atoms with Crippen molar-refractivity contribution in [3.8, 4) is 0 Å². The molecule has 0 bridgehead atoms. The minimum Gasteiger partial charge on any atom is -0.0845 e. The molecule has 0 aromatic heterocycles. The summed E-state index contributed by atoms with van der Waals surface area (Å²) in [6.45, 7) is 5.82. The molecule has 87 valence electrons. The van der Waals surface area contributed by atoms with Crippen molar-refractivity contribution in [3.63, 3.8) is 0 Å². The molecule has 0 saturated carbocycles. The van der Waals surface area contributed by atoms with E-state index in [-0.39, 0.29) is 0 Å². The molecular formula is C16H23. The minimum absolute atomic E-state index is 1.19. The molecule has 0 heteroatoms. The van der Waals surface area contributed by atoms with Crippen LogP contribution in [0.2, 0.25) is 0 Å². The van der Waals surface area contributed by atoms with E-state index in [1.54, 1.807) is 6.08 Å². The van der Waals surface area contributed by atoms with Crippen LogP contribution in [0.25, 0.3) is 0 Å². The van der Waals surface area contributed by atoms with Gasteiger partial charge in [-0.3, -0.25) is 0 Å². The van der Waals surface area contributed by atoms with Crippen LogP contribution in [0.15, 0.2) is 60.8 Å². The normalized spacial score (nSPS) is 13.4. The maximum absolute atomic E-state index is 3.60. The van der Waals surface area contributed by atoms with Crippen LogP contribution < -0.4 is 0 Å². The summed E-state index contributed by atoms with van der Waals surface area (Å²) in [6, 6.07) is 0. The second-order valence-electron chi connectivity index (χ2n) is 3.51. The first-order valence-corrected chi connectivity index (χ1v) is 6.02. The van der Waals surface area contributed by atoms with Crippen molar-refractivity contribution in [2.45, 2.75) is 32.6 Å². The van der Waals surface area contributed by atoms with Crippen molar-refractivity contribution in [1.82, 2.24) is 0 Å². The van der Waals surface area contributed by atoms with Gasteiger partial charge in [-0.05, 0) is 19.8 Å². The molecule has 0 rings (SSSR count). The van der Waals surface area contributed by atoms with Crippen molar-refractivity contribution < 1.29 is 0 Å². The lowest BCUT2D eigenvalue weighted by molar-refractivity contribution is 0.729. The molecule has 0 unspecified atom stereocenters. The van der Waals surface area contributed by atoms with Gasteiger partial charge in [-0.2, -0.15) is 0 Å². The Morgan fingerprint density at radius 2 is 1.31 bits per heavy atom. The maximum Gasteiger partial charge on any atom is -0.0313 e. The van der Waals surface area contributed by atoms with Crippen LogP contribution in [0.4, 0.5) is 0 Å². The van der Waals surface area contributed by atoms with E-state index in [1.807, 2.05) is 36.5 Å². The molecule has 0 amide bonds. The molecule has 16 heavy (non-hydrogen) atoms. The van der Waals surface area contributed by atoms with Gasteiger partial charge >= 0.3 is 0 Å². The molecule has 0 aromatic carbocycles. The number of hydrogen-bond donors (Lipinski definition) is 0. The van der Waals surface area contributed by atoms with Crippen LogP contribution in [0, 0.1) is 6.92 Å². The quantitative estimate of drug-likeness (QED) is 0.386. The standard InChI is InChI=1S/C16H23/c1-3-5-7-9-11-13-15-16-14-12-10-8-6-4-2/h3,5,7,9,11-16H,1,4,6,8,10H2,2H3/b5-3+,9-7+,13-11+,14-12+,16-15+. The predicted octanol–water partition coefficient (Wildman–Crippen LogP) is 5.18. The molecule has 0 aliphatic carbocycles. The van der Waals surface area contributed by atoms with Crippen LogP contribution in [-0.2, 0) is 0 Å². The van der Waals surface area contributed by atoms with Crippen LogP contribution >= 0.6 is 0 Å². The molecule has 0 saturated heterocycles. The summed E-state index contributed by atoms with van der Waals surface area (Å²) in [4.78, 5) is 0. The predicted molar refractivity (Wildman–Crippen MR) is 75.2 cm³/mol. The van der Waals surface area contributed by atoms with Gasteiger partial charge in [-0.15, -0.1) is 0 Å². The second kappa shape index (κ2) is 13.7. The second-order valence-corrected chi connectivity index (χ2v) is 3.51. The zero-order chi connectivity index (χ0) is 11.9. The van der Waals surface area contributed by atoms with Crippen molar-refractivity contribution in [2.24, 2.45) is 0 Å². The first kappa shape index (κ1) is 14.7. The largest absolute Gasteiger partial charge is 0.0845 e. The Bertz CT molecular complexity index is 262. The van der Waals surface area contributed by atoms with E-state index in [9.17, 15) is 0 Å². The fourth-order valence-electron chi connectivity index (χ4n) is 1.15. The van der Waals surface area contributed by atoms with E-state index < -0.39 is 0 Å².